The first-order chi connectivity index (χ1) is 12.8. The van der Waals surface area contributed by atoms with E-state index in [2.05, 4.69) is 0 Å². The van der Waals surface area contributed by atoms with Crippen molar-refractivity contribution < 1.29 is 19.4 Å². The highest BCUT2D eigenvalue weighted by atomic mass is 35.5. The fraction of sp³-hybridized carbons (Fsp3) is 0.300. The van der Waals surface area contributed by atoms with Gasteiger partial charge in [-0.25, -0.2) is 4.79 Å². The molecule has 7 heteroatoms. The fourth-order valence-corrected chi connectivity index (χ4v) is 4.17. The fourth-order valence-electron chi connectivity index (χ4n) is 3.85. The summed E-state index contributed by atoms with van der Waals surface area (Å²) in [6.45, 7) is 2.15. The summed E-state index contributed by atoms with van der Waals surface area (Å²) in [5.74, 6) is -1.45. The average Bonchev–Trinajstić information content (AvgIpc) is 2.86. The predicted octanol–water partition coefficient (Wildman–Crippen LogP) is 4.29. The largest absolute Gasteiger partial charge is 0.481 e. The van der Waals surface area contributed by atoms with E-state index in [9.17, 15) is 14.7 Å². The number of carbonyl (C=O) groups excluding carboxylic acids is 1. The summed E-state index contributed by atoms with van der Waals surface area (Å²) < 4.78 is 5.03. The number of carboxylic acids is 1. The van der Waals surface area contributed by atoms with Gasteiger partial charge in [-0.05, 0) is 29.3 Å². The summed E-state index contributed by atoms with van der Waals surface area (Å²) in [6, 6.07) is 12.0. The number of carboxylic acid groups (broad SMARTS) is 1. The van der Waals surface area contributed by atoms with E-state index in [-0.39, 0.29) is 6.42 Å². The van der Waals surface area contributed by atoms with Crippen LogP contribution in [0, 0.1) is 0 Å². The summed E-state index contributed by atoms with van der Waals surface area (Å²) in [4.78, 5) is 26.1. The zero-order valence-electron chi connectivity index (χ0n) is 14.9. The molecular weight excluding hydrogens is 389 g/mol. The number of hydrogen-bond donors (Lipinski definition) is 1. The number of anilines is 1. The molecule has 1 heterocycles. The van der Waals surface area contributed by atoms with E-state index in [4.69, 9.17) is 27.9 Å². The Kier molecular flexibility index (Phi) is 5.36. The highest BCUT2D eigenvalue weighted by Gasteiger charge is 2.53. The Labute approximate surface area is 167 Å². The first kappa shape index (κ1) is 19.5. The molecule has 0 aromatic heterocycles. The minimum atomic E-state index is -0.974. The third kappa shape index (κ3) is 3.49. The van der Waals surface area contributed by atoms with Crippen molar-refractivity contribution in [1.82, 2.24) is 0 Å². The second kappa shape index (κ2) is 7.41. The van der Waals surface area contributed by atoms with Gasteiger partial charge in [0.2, 0.25) is 0 Å². The second-order valence-corrected chi connectivity index (χ2v) is 7.62. The molecule has 27 heavy (non-hydrogen) atoms. The van der Waals surface area contributed by atoms with Crippen molar-refractivity contribution in [2.24, 2.45) is 0 Å². The van der Waals surface area contributed by atoms with E-state index in [1.54, 1.807) is 19.1 Å². The minimum Gasteiger partial charge on any atom is -0.481 e. The molecule has 1 aliphatic rings. The molecule has 2 aromatic carbocycles. The van der Waals surface area contributed by atoms with Crippen molar-refractivity contribution in [1.29, 1.82) is 0 Å². The molecule has 0 fully saturated rings. The van der Waals surface area contributed by atoms with Crippen molar-refractivity contribution >= 4 is 40.8 Å². The molecule has 2 aromatic rings. The van der Waals surface area contributed by atoms with Crippen LogP contribution in [0.2, 0.25) is 10.0 Å². The van der Waals surface area contributed by atoms with Gasteiger partial charge in [0.25, 0.3) is 0 Å². The van der Waals surface area contributed by atoms with Crippen molar-refractivity contribution in [3.05, 3.63) is 63.6 Å². The molecule has 0 bridgehead atoms. The maximum Gasteiger partial charge on any atom is 0.329 e. The Morgan fingerprint density at radius 1 is 1.19 bits per heavy atom. The molecule has 5 nitrogen and oxygen atoms in total. The van der Waals surface area contributed by atoms with E-state index in [1.165, 1.54) is 7.11 Å². The topological polar surface area (TPSA) is 66.8 Å². The van der Waals surface area contributed by atoms with Crippen LogP contribution >= 0.6 is 23.2 Å². The zero-order valence-corrected chi connectivity index (χ0v) is 16.4. The number of para-hydroxylation sites is 1. The number of methoxy groups -OCH3 is 1. The van der Waals surface area contributed by atoms with Gasteiger partial charge in [0.15, 0.2) is 0 Å². The number of rotatable bonds is 5. The smallest absolute Gasteiger partial charge is 0.329 e. The summed E-state index contributed by atoms with van der Waals surface area (Å²) in [6.07, 6.45) is -0.193. The Morgan fingerprint density at radius 2 is 1.89 bits per heavy atom. The van der Waals surface area contributed by atoms with E-state index in [0.29, 0.717) is 16.6 Å². The first-order valence-electron chi connectivity index (χ1n) is 8.37. The molecule has 0 radical (unpaired) electrons. The lowest BCUT2D eigenvalue weighted by Gasteiger charge is -2.34. The van der Waals surface area contributed by atoms with Gasteiger partial charge in [0.1, 0.15) is 6.04 Å². The quantitative estimate of drug-likeness (QED) is 0.748. The Bertz CT molecular complexity index is 901. The maximum atomic E-state index is 12.7. The lowest BCUT2D eigenvalue weighted by Crippen LogP contribution is -2.50. The van der Waals surface area contributed by atoms with Crippen LogP contribution in [0.1, 0.15) is 24.5 Å². The van der Waals surface area contributed by atoms with Gasteiger partial charge in [0, 0.05) is 17.6 Å². The summed E-state index contributed by atoms with van der Waals surface area (Å²) >= 11 is 12.1. The van der Waals surface area contributed by atoms with Gasteiger partial charge in [-0.15, -0.1) is 0 Å². The van der Waals surface area contributed by atoms with Gasteiger partial charge in [0.05, 0.1) is 23.6 Å². The number of benzene rings is 2. The number of aliphatic carboxylic acids is 1. The molecule has 1 N–H and O–H groups in total. The number of esters is 1. The standard InChI is InChI=1S/C20H19Cl2NO4/c1-20(10-17(24)25)13-5-3-4-6-16(13)23(18(20)19(26)27-2)11-12-7-8-14(21)15(22)9-12/h3-9,18H,10-11H2,1-2H3,(H,24,25). The van der Waals surface area contributed by atoms with Crippen LogP contribution in [-0.4, -0.2) is 30.2 Å². The van der Waals surface area contributed by atoms with Gasteiger partial charge >= 0.3 is 11.9 Å². The van der Waals surface area contributed by atoms with Crippen LogP contribution in [-0.2, 0) is 26.3 Å². The van der Waals surface area contributed by atoms with Gasteiger partial charge in [-0.3, -0.25) is 4.79 Å². The molecule has 0 saturated carbocycles. The molecule has 0 aliphatic carbocycles. The third-order valence-electron chi connectivity index (χ3n) is 5.02. The number of carbonyl (C=O) groups is 2. The Morgan fingerprint density at radius 3 is 2.52 bits per heavy atom. The molecule has 0 spiro atoms. The second-order valence-electron chi connectivity index (χ2n) is 6.81. The number of fused-ring (bicyclic) bond motifs is 1. The molecule has 2 atom stereocenters. The van der Waals surface area contributed by atoms with Gasteiger partial charge < -0.3 is 14.7 Å². The molecule has 0 amide bonds. The molecule has 0 saturated heterocycles. The van der Waals surface area contributed by atoms with Crippen LogP contribution in [0.4, 0.5) is 5.69 Å². The number of ether oxygens (including phenoxy) is 1. The molecular formula is C20H19Cl2NO4. The lowest BCUT2D eigenvalue weighted by atomic mass is 9.75. The molecule has 2 unspecified atom stereocenters. The van der Waals surface area contributed by atoms with E-state index >= 15 is 0 Å². The summed E-state index contributed by atoms with van der Waals surface area (Å²) in [7, 11) is 1.31. The first-order valence-corrected chi connectivity index (χ1v) is 9.13. The molecule has 3 rings (SSSR count). The SMILES string of the molecule is COC(=O)C1N(Cc2ccc(Cl)c(Cl)c2)c2ccccc2C1(C)CC(=O)O. The van der Waals surface area contributed by atoms with Gasteiger partial charge in [-0.1, -0.05) is 54.4 Å². The number of hydrogen-bond acceptors (Lipinski definition) is 4. The molecule has 1 aliphatic heterocycles. The van der Waals surface area contributed by atoms with Crippen molar-refractivity contribution in [2.75, 3.05) is 12.0 Å². The Hall–Kier alpha value is -2.24. The van der Waals surface area contributed by atoms with E-state index < -0.39 is 23.4 Å². The van der Waals surface area contributed by atoms with Crippen LogP contribution in [0.25, 0.3) is 0 Å². The summed E-state index contributed by atoms with van der Waals surface area (Å²) in [5.41, 5.74) is 1.55. The van der Waals surface area contributed by atoms with Crippen molar-refractivity contribution in [3.63, 3.8) is 0 Å². The lowest BCUT2D eigenvalue weighted by molar-refractivity contribution is -0.145. The highest BCUT2D eigenvalue weighted by Crippen LogP contribution is 2.48. The van der Waals surface area contributed by atoms with Crippen LogP contribution < -0.4 is 4.90 Å². The third-order valence-corrected chi connectivity index (χ3v) is 5.76. The van der Waals surface area contributed by atoms with Gasteiger partial charge in [-0.2, -0.15) is 0 Å². The highest BCUT2D eigenvalue weighted by molar-refractivity contribution is 6.42. The van der Waals surface area contributed by atoms with E-state index in [1.807, 2.05) is 35.2 Å². The average molecular weight is 408 g/mol. The number of halogens is 2. The van der Waals surface area contributed by atoms with Crippen molar-refractivity contribution in [3.8, 4) is 0 Å². The van der Waals surface area contributed by atoms with Crippen LogP contribution in [0.5, 0.6) is 0 Å². The maximum absolute atomic E-state index is 12.7. The number of nitrogens with zero attached hydrogens (tertiary/aromatic N) is 1. The van der Waals surface area contributed by atoms with Crippen LogP contribution in [0.15, 0.2) is 42.5 Å². The molecule has 142 valence electrons. The minimum absolute atomic E-state index is 0.193. The summed E-state index contributed by atoms with van der Waals surface area (Å²) in [5, 5.41) is 10.3. The monoisotopic (exact) mass is 407 g/mol. The Balaban J connectivity index is 2.11. The zero-order chi connectivity index (χ0) is 19.8. The normalized spacial score (nSPS) is 21.0. The predicted molar refractivity (Wildman–Crippen MR) is 104 cm³/mol. The van der Waals surface area contributed by atoms with E-state index in [0.717, 1.165) is 16.8 Å². The van der Waals surface area contributed by atoms with Crippen LogP contribution in [0.3, 0.4) is 0 Å². The van der Waals surface area contributed by atoms with Crippen molar-refractivity contribution in [2.45, 2.75) is 31.3 Å².